The standard InChI is InChI=1S/C30H32ClF4N3O/c1-20(2)38(26-11-7-4-8-12-26)28(39)37-29(18-21-9-5-3-6-10-21,27-14-13-24(31)19-36-27)22-15-23(30(33,34)35)17-25(32)16-22/h3,5-6,9-10,13-17,19-20,26H,4,7-8,11-12,18H2,1-2H3,(H,37,39)/t29-/m0/s1. The van der Waals surface area contributed by atoms with Crippen LogP contribution in [0.25, 0.3) is 0 Å². The van der Waals surface area contributed by atoms with E-state index in [9.17, 15) is 22.4 Å². The van der Waals surface area contributed by atoms with Gasteiger partial charge in [-0.3, -0.25) is 4.98 Å². The molecule has 0 aliphatic heterocycles. The summed E-state index contributed by atoms with van der Waals surface area (Å²) in [6.45, 7) is 3.83. The third-order valence-corrected chi connectivity index (χ3v) is 7.50. The van der Waals surface area contributed by atoms with Gasteiger partial charge in [0.25, 0.3) is 0 Å². The van der Waals surface area contributed by atoms with Crippen LogP contribution in [0.3, 0.4) is 0 Å². The summed E-state index contributed by atoms with van der Waals surface area (Å²) in [6.07, 6.45) is 1.38. The van der Waals surface area contributed by atoms with E-state index in [4.69, 9.17) is 11.6 Å². The Bertz CT molecular complexity index is 1260. The fourth-order valence-electron chi connectivity index (χ4n) is 5.48. The van der Waals surface area contributed by atoms with Crippen molar-refractivity contribution in [1.29, 1.82) is 0 Å². The van der Waals surface area contributed by atoms with E-state index in [1.165, 1.54) is 6.20 Å². The van der Waals surface area contributed by atoms with E-state index < -0.39 is 29.1 Å². The fourth-order valence-corrected chi connectivity index (χ4v) is 5.59. The molecule has 0 bridgehead atoms. The van der Waals surface area contributed by atoms with Crippen LogP contribution in [0.4, 0.5) is 22.4 Å². The largest absolute Gasteiger partial charge is 0.416 e. The Morgan fingerprint density at radius 1 is 1.03 bits per heavy atom. The smallest absolute Gasteiger partial charge is 0.322 e. The predicted molar refractivity (Wildman–Crippen MR) is 144 cm³/mol. The molecule has 1 aliphatic rings. The maximum Gasteiger partial charge on any atom is 0.416 e. The van der Waals surface area contributed by atoms with Crippen molar-refractivity contribution in [3.63, 3.8) is 0 Å². The molecule has 4 nitrogen and oxygen atoms in total. The summed E-state index contributed by atoms with van der Waals surface area (Å²) in [4.78, 5) is 20.3. The van der Waals surface area contributed by atoms with E-state index >= 15 is 0 Å². The van der Waals surface area contributed by atoms with Crippen molar-refractivity contribution >= 4 is 17.6 Å². The second-order valence-corrected chi connectivity index (χ2v) is 10.8. The minimum Gasteiger partial charge on any atom is -0.322 e. The van der Waals surface area contributed by atoms with Crippen LogP contribution in [0.2, 0.25) is 5.02 Å². The number of rotatable bonds is 7. The van der Waals surface area contributed by atoms with Gasteiger partial charge in [-0.05, 0) is 68.1 Å². The van der Waals surface area contributed by atoms with Crippen molar-refractivity contribution in [2.75, 3.05) is 0 Å². The summed E-state index contributed by atoms with van der Waals surface area (Å²) in [5, 5.41) is 3.38. The number of pyridine rings is 1. The highest BCUT2D eigenvalue weighted by Gasteiger charge is 2.42. The van der Waals surface area contributed by atoms with Gasteiger partial charge in [-0.2, -0.15) is 13.2 Å². The molecule has 1 heterocycles. The highest BCUT2D eigenvalue weighted by Crippen LogP contribution is 2.38. The van der Waals surface area contributed by atoms with Crippen LogP contribution >= 0.6 is 11.6 Å². The van der Waals surface area contributed by atoms with Gasteiger partial charge in [0.05, 0.1) is 16.3 Å². The van der Waals surface area contributed by atoms with Gasteiger partial charge in [-0.25, -0.2) is 9.18 Å². The first-order valence-electron chi connectivity index (χ1n) is 13.1. The Kier molecular flexibility index (Phi) is 8.84. The number of nitrogens with zero attached hydrogens (tertiary/aromatic N) is 2. The second kappa shape index (κ2) is 11.9. The molecule has 0 unspecified atom stereocenters. The molecule has 39 heavy (non-hydrogen) atoms. The van der Waals surface area contributed by atoms with Gasteiger partial charge in [0.15, 0.2) is 0 Å². The molecule has 0 radical (unpaired) electrons. The first-order valence-corrected chi connectivity index (χ1v) is 13.5. The number of aromatic nitrogens is 1. The number of hydrogen-bond acceptors (Lipinski definition) is 2. The van der Waals surface area contributed by atoms with Crippen molar-refractivity contribution in [2.24, 2.45) is 0 Å². The van der Waals surface area contributed by atoms with Gasteiger partial charge in [0.2, 0.25) is 0 Å². The lowest BCUT2D eigenvalue weighted by molar-refractivity contribution is -0.137. The summed E-state index contributed by atoms with van der Waals surface area (Å²) in [7, 11) is 0. The lowest BCUT2D eigenvalue weighted by Crippen LogP contribution is -2.57. The van der Waals surface area contributed by atoms with Crippen LogP contribution in [0.1, 0.15) is 68.3 Å². The number of carbonyl (C=O) groups is 1. The molecule has 1 saturated carbocycles. The number of carbonyl (C=O) groups excluding carboxylic acids is 1. The van der Waals surface area contributed by atoms with Crippen molar-refractivity contribution in [3.05, 3.63) is 100 Å². The minimum atomic E-state index is -4.79. The molecule has 0 spiro atoms. The monoisotopic (exact) mass is 561 g/mol. The molecular formula is C30H32ClF4N3O. The van der Waals surface area contributed by atoms with Crippen LogP contribution in [0.5, 0.6) is 0 Å². The maximum atomic E-state index is 14.9. The van der Waals surface area contributed by atoms with Gasteiger partial charge in [0, 0.05) is 24.7 Å². The molecule has 2 amide bonds. The zero-order chi connectivity index (χ0) is 28.2. The van der Waals surface area contributed by atoms with Crippen molar-refractivity contribution in [1.82, 2.24) is 15.2 Å². The summed E-state index contributed by atoms with van der Waals surface area (Å²) >= 11 is 6.11. The zero-order valence-corrected chi connectivity index (χ0v) is 22.7. The first kappa shape index (κ1) is 28.9. The molecule has 0 saturated heterocycles. The normalized spacial score (nSPS) is 16.1. The number of alkyl halides is 3. The number of halogens is 5. The predicted octanol–water partition coefficient (Wildman–Crippen LogP) is 8.13. The summed E-state index contributed by atoms with van der Waals surface area (Å²) in [6, 6.07) is 13.9. The molecule has 9 heteroatoms. The van der Waals surface area contributed by atoms with E-state index in [2.05, 4.69) is 10.3 Å². The van der Waals surface area contributed by atoms with Crippen LogP contribution in [0, 0.1) is 5.82 Å². The van der Waals surface area contributed by atoms with Crippen LogP contribution in [0.15, 0.2) is 66.9 Å². The molecule has 1 aromatic heterocycles. The highest BCUT2D eigenvalue weighted by molar-refractivity contribution is 6.30. The molecule has 1 atom stereocenters. The minimum absolute atomic E-state index is 0.00963. The number of urea groups is 1. The first-order chi connectivity index (χ1) is 18.5. The van der Waals surface area contributed by atoms with E-state index in [-0.39, 0.29) is 29.8 Å². The quantitative estimate of drug-likeness (QED) is 0.296. The molecule has 1 N–H and O–H groups in total. The number of hydrogen-bond donors (Lipinski definition) is 1. The SMILES string of the molecule is CC(C)N(C(=O)N[C@@](Cc1ccccc1)(c1cc(F)cc(C(F)(F)F)c1)c1ccc(Cl)cn1)C1CCCCC1. The highest BCUT2D eigenvalue weighted by atomic mass is 35.5. The lowest BCUT2D eigenvalue weighted by Gasteiger charge is -2.42. The second-order valence-electron chi connectivity index (χ2n) is 10.4. The van der Waals surface area contributed by atoms with Gasteiger partial charge in [-0.15, -0.1) is 0 Å². The maximum absolute atomic E-state index is 14.9. The Labute approximate surface area is 231 Å². The van der Waals surface area contributed by atoms with Gasteiger partial charge < -0.3 is 10.2 Å². The summed E-state index contributed by atoms with van der Waals surface area (Å²) in [5.74, 6) is -1.06. The zero-order valence-electron chi connectivity index (χ0n) is 21.9. The topological polar surface area (TPSA) is 45.2 Å². The third kappa shape index (κ3) is 6.72. The summed E-state index contributed by atoms with van der Waals surface area (Å²) < 4.78 is 56.4. The molecular weight excluding hydrogens is 530 g/mol. The van der Waals surface area contributed by atoms with E-state index in [1.54, 1.807) is 29.2 Å². The van der Waals surface area contributed by atoms with Crippen molar-refractivity contribution < 1.29 is 22.4 Å². The van der Waals surface area contributed by atoms with Gasteiger partial charge in [-0.1, -0.05) is 61.2 Å². The molecule has 4 rings (SSSR count). The molecule has 3 aromatic rings. The fraction of sp³-hybridized carbons (Fsp3) is 0.400. The molecule has 1 fully saturated rings. The number of benzene rings is 2. The molecule has 1 aliphatic carbocycles. The Morgan fingerprint density at radius 3 is 2.28 bits per heavy atom. The van der Waals surface area contributed by atoms with Gasteiger partial charge in [0.1, 0.15) is 11.4 Å². The summed E-state index contributed by atoms with van der Waals surface area (Å²) in [5.41, 5.74) is -1.87. The van der Waals surface area contributed by atoms with Gasteiger partial charge >= 0.3 is 12.2 Å². The van der Waals surface area contributed by atoms with Crippen molar-refractivity contribution in [2.45, 2.75) is 76.2 Å². The Hall–Kier alpha value is -3.13. The Morgan fingerprint density at radius 2 is 1.69 bits per heavy atom. The average Bonchev–Trinajstić information content (AvgIpc) is 2.89. The van der Waals surface area contributed by atoms with Crippen LogP contribution < -0.4 is 5.32 Å². The van der Waals surface area contributed by atoms with Crippen LogP contribution in [-0.4, -0.2) is 28.0 Å². The molecule has 208 valence electrons. The Balaban J connectivity index is 1.93. The number of amides is 2. The molecule has 2 aromatic carbocycles. The average molecular weight is 562 g/mol. The van der Waals surface area contributed by atoms with E-state index in [1.807, 2.05) is 32.0 Å². The van der Waals surface area contributed by atoms with E-state index in [0.717, 1.165) is 49.8 Å². The number of nitrogens with one attached hydrogen (secondary N) is 1. The van der Waals surface area contributed by atoms with Crippen LogP contribution in [-0.2, 0) is 18.1 Å². The van der Waals surface area contributed by atoms with Crippen molar-refractivity contribution in [3.8, 4) is 0 Å². The third-order valence-electron chi connectivity index (χ3n) is 7.27. The lowest BCUT2D eigenvalue weighted by atomic mass is 9.79. The van der Waals surface area contributed by atoms with E-state index in [0.29, 0.717) is 11.1 Å².